The number of pyridine rings is 2. The molecule has 148 valence electrons. The molecule has 2 unspecified atom stereocenters. The number of nitrogens with zero attached hydrogens (tertiary/aromatic N) is 3. The molecule has 9 heteroatoms. The maximum Gasteiger partial charge on any atom is 0.301 e. The second-order valence-electron chi connectivity index (χ2n) is 7.48. The van der Waals surface area contributed by atoms with Gasteiger partial charge in [0.1, 0.15) is 5.82 Å². The van der Waals surface area contributed by atoms with E-state index in [4.69, 9.17) is 0 Å². The predicted molar refractivity (Wildman–Crippen MR) is 107 cm³/mol. The van der Waals surface area contributed by atoms with Gasteiger partial charge in [0, 0.05) is 37.5 Å². The Balaban J connectivity index is 1.60. The highest BCUT2D eigenvalue weighted by atomic mass is 32.2. The lowest BCUT2D eigenvalue weighted by atomic mass is 10.1. The van der Waals surface area contributed by atoms with Gasteiger partial charge in [-0.2, -0.15) is 12.7 Å². The van der Waals surface area contributed by atoms with Gasteiger partial charge in [0.15, 0.2) is 0 Å². The summed E-state index contributed by atoms with van der Waals surface area (Å²) >= 11 is 0. The van der Waals surface area contributed by atoms with Crippen LogP contribution in [0.1, 0.15) is 31.9 Å². The lowest BCUT2D eigenvalue weighted by Gasteiger charge is -2.26. The SMILES string of the molecule is CC(=O)Nc1cc(-c2cnc(C)c(NS(=O)(=O)N3CC4CCC3C4)c2)ccn1. The number of rotatable bonds is 5. The molecule has 4 rings (SSSR count). The third-order valence-corrected chi connectivity index (χ3v) is 6.93. The van der Waals surface area contributed by atoms with Gasteiger partial charge in [-0.25, -0.2) is 4.98 Å². The Kier molecular flexibility index (Phi) is 4.80. The molecule has 0 spiro atoms. The number of carbonyl (C=O) groups excluding carboxylic acids is 1. The molecule has 1 aliphatic heterocycles. The van der Waals surface area contributed by atoms with E-state index in [2.05, 4.69) is 20.0 Å². The predicted octanol–water partition coefficient (Wildman–Crippen LogP) is 2.55. The molecule has 3 heterocycles. The zero-order valence-electron chi connectivity index (χ0n) is 15.8. The zero-order valence-corrected chi connectivity index (χ0v) is 16.7. The lowest BCUT2D eigenvalue weighted by Crippen LogP contribution is -2.41. The summed E-state index contributed by atoms with van der Waals surface area (Å²) in [6.07, 6.45) is 6.28. The van der Waals surface area contributed by atoms with Crippen LogP contribution < -0.4 is 10.0 Å². The molecule has 1 saturated carbocycles. The van der Waals surface area contributed by atoms with Crippen molar-refractivity contribution >= 4 is 27.6 Å². The van der Waals surface area contributed by atoms with E-state index in [1.807, 2.05) is 0 Å². The number of amides is 1. The van der Waals surface area contributed by atoms with Crippen LogP contribution in [0.3, 0.4) is 0 Å². The van der Waals surface area contributed by atoms with Crippen LogP contribution in [-0.4, -0.2) is 41.2 Å². The van der Waals surface area contributed by atoms with Crippen molar-refractivity contribution in [2.24, 2.45) is 5.92 Å². The van der Waals surface area contributed by atoms with Gasteiger partial charge in [-0.3, -0.25) is 14.5 Å². The molecule has 2 N–H and O–H groups in total. The second-order valence-corrected chi connectivity index (χ2v) is 9.10. The van der Waals surface area contributed by atoms with Crippen LogP contribution in [0.4, 0.5) is 11.5 Å². The van der Waals surface area contributed by atoms with Crippen molar-refractivity contribution < 1.29 is 13.2 Å². The fourth-order valence-electron chi connectivity index (χ4n) is 4.02. The Morgan fingerprint density at radius 3 is 2.71 bits per heavy atom. The van der Waals surface area contributed by atoms with E-state index >= 15 is 0 Å². The van der Waals surface area contributed by atoms with E-state index in [1.54, 1.807) is 41.8 Å². The van der Waals surface area contributed by atoms with Crippen molar-refractivity contribution in [3.8, 4) is 11.1 Å². The van der Waals surface area contributed by atoms with Crippen LogP contribution >= 0.6 is 0 Å². The quantitative estimate of drug-likeness (QED) is 0.801. The number of fused-ring (bicyclic) bond motifs is 2. The van der Waals surface area contributed by atoms with Gasteiger partial charge in [0.25, 0.3) is 0 Å². The molecule has 28 heavy (non-hydrogen) atoms. The molecule has 2 aromatic heterocycles. The standard InChI is InChI=1S/C19H23N5O3S/c1-12-18(23-28(26,27)24-11-14-3-4-17(24)7-14)8-16(10-21-12)15-5-6-20-19(9-15)22-13(2)25/h5-6,8-10,14,17,23H,3-4,7,11H2,1-2H3,(H,20,22,25). The Morgan fingerprint density at radius 1 is 1.21 bits per heavy atom. The van der Waals surface area contributed by atoms with Crippen LogP contribution in [0.25, 0.3) is 11.1 Å². The summed E-state index contributed by atoms with van der Waals surface area (Å²) in [5, 5.41) is 2.64. The third-order valence-electron chi connectivity index (χ3n) is 5.39. The fraction of sp³-hybridized carbons (Fsp3) is 0.421. The number of aryl methyl sites for hydroxylation is 1. The summed E-state index contributed by atoms with van der Waals surface area (Å²) in [6, 6.07) is 5.39. The van der Waals surface area contributed by atoms with Crippen molar-refractivity contribution in [3.05, 3.63) is 36.3 Å². The molecule has 0 radical (unpaired) electrons. The van der Waals surface area contributed by atoms with E-state index in [0.29, 0.717) is 29.7 Å². The Labute approximate surface area is 164 Å². The van der Waals surface area contributed by atoms with E-state index in [9.17, 15) is 13.2 Å². The first-order valence-electron chi connectivity index (χ1n) is 9.32. The molecule has 1 saturated heterocycles. The van der Waals surface area contributed by atoms with Gasteiger partial charge in [0.2, 0.25) is 5.91 Å². The van der Waals surface area contributed by atoms with Crippen molar-refractivity contribution in [3.63, 3.8) is 0 Å². The molecule has 2 bridgehead atoms. The normalized spacial score (nSPS) is 21.6. The molecule has 1 amide bonds. The van der Waals surface area contributed by atoms with Gasteiger partial charge < -0.3 is 5.32 Å². The van der Waals surface area contributed by atoms with Crippen LogP contribution in [0.2, 0.25) is 0 Å². The summed E-state index contributed by atoms with van der Waals surface area (Å²) in [6.45, 7) is 3.78. The van der Waals surface area contributed by atoms with E-state index < -0.39 is 10.2 Å². The van der Waals surface area contributed by atoms with Crippen LogP contribution in [0, 0.1) is 12.8 Å². The highest BCUT2D eigenvalue weighted by Gasteiger charge is 2.43. The number of aromatic nitrogens is 2. The maximum atomic E-state index is 12.9. The number of hydrogen-bond donors (Lipinski definition) is 2. The molecule has 2 aromatic rings. The molecule has 0 aromatic carbocycles. The first kappa shape index (κ1) is 18.8. The van der Waals surface area contributed by atoms with Crippen molar-refractivity contribution in [1.82, 2.24) is 14.3 Å². The van der Waals surface area contributed by atoms with E-state index in [0.717, 1.165) is 30.4 Å². The summed E-state index contributed by atoms with van der Waals surface area (Å²) in [5.41, 5.74) is 2.58. The summed E-state index contributed by atoms with van der Waals surface area (Å²) in [5.74, 6) is 0.706. The Hall–Kier alpha value is -2.52. The molecule has 2 atom stereocenters. The fourth-order valence-corrected chi connectivity index (χ4v) is 5.62. The molecule has 2 aliphatic rings. The van der Waals surface area contributed by atoms with Crippen LogP contribution in [0.5, 0.6) is 0 Å². The first-order valence-corrected chi connectivity index (χ1v) is 10.8. The lowest BCUT2D eigenvalue weighted by molar-refractivity contribution is -0.114. The number of piperidine rings is 1. The monoisotopic (exact) mass is 401 g/mol. The van der Waals surface area contributed by atoms with Crippen molar-refractivity contribution in [1.29, 1.82) is 0 Å². The van der Waals surface area contributed by atoms with E-state index in [-0.39, 0.29) is 11.9 Å². The highest BCUT2D eigenvalue weighted by Crippen LogP contribution is 2.39. The summed E-state index contributed by atoms with van der Waals surface area (Å²) in [4.78, 5) is 19.7. The molecule has 1 aliphatic carbocycles. The maximum absolute atomic E-state index is 12.9. The second kappa shape index (κ2) is 7.14. The number of hydrogen-bond acceptors (Lipinski definition) is 5. The largest absolute Gasteiger partial charge is 0.311 e. The number of anilines is 2. The smallest absolute Gasteiger partial charge is 0.301 e. The summed E-state index contributed by atoms with van der Waals surface area (Å²) in [7, 11) is -3.62. The molecular formula is C19H23N5O3S. The van der Waals surface area contributed by atoms with Gasteiger partial charge >= 0.3 is 10.2 Å². The topological polar surface area (TPSA) is 104 Å². The average molecular weight is 401 g/mol. The van der Waals surface area contributed by atoms with Crippen LogP contribution in [0.15, 0.2) is 30.6 Å². The van der Waals surface area contributed by atoms with Gasteiger partial charge in [0.05, 0.1) is 11.4 Å². The van der Waals surface area contributed by atoms with E-state index in [1.165, 1.54) is 6.92 Å². The Morgan fingerprint density at radius 2 is 2.04 bits per heavy atom. The van der Waals surface area contributed by atoms with Gasteiger partial charge in [-0.1, -0.05) is 0 Å². The average Bonchev–Trinajstić information content (AvgIpc) is 3.27. The van der Waals surface area contributed by atoms with Gasteiger partial charge in [-0.05, 0) is 55.9 Å². The number of carbonyl (C=O) groups is 1. The Bertz CT molecular complexity index is 1020. The minimum atomic E-state index is -3.62. The molecule has 2 fully saturated rings. The third kappa shape index (κ3) is 3.72. The zero-order chi connectivity index (χ0) is 19.9. The summed E-state index contributed by atoms with van der Waals surface area (Å²) < 4.78 is 30.1. The minimum absolute atomic E-state index is 0.111. The van der Waals surface area contributed by atoms with Crippen molar-refractivity contribution in [2.45, 2.75) is 39.2 Å². The van der Waals surface area contributed by atoms with Gasteiger partial charge in [-0.15, -0.1) is 0 Å². The minimum Gasteiger partial charge on any atom is -0.311 e. The first-order chi connectivity index (χ1) is 13.3. The molecule has 8 nitrogen and oxygen atoms in total. The number of nitrogens with one attached hydrogen (secondary N) is 2. The van der Waals surface area contributed by atoms with Crippen molar-refractivity contribution in [2.75, 3.05) is 16.6 Å². The highest BCUT2D eigenvalue weighted by molar-refractivity contribution is 7.90. The molecular weight excluding hydrogens is 378 g/mol. The van der Waals surface area contributed by atoms with Crippen LogP contribution in [-0.2, 0) is 15.0 Å².